The minimum Gasteiger partial charge on any atom is -0.353 e. The van der Waals surface area contributed by atoms with E-state index in [-0.39, 0.29) is 10.9 Å². The molecule has 0 radical (unpaired) electrons. The van der Waals surface area contributed by atoms with E-state index in [1.165, 1.54) is 11.1 Å². The van der Waals surface area contributed by atoms with Gasteiger partial charge in [-0.2, -0.15) is 8.42 Å². The summed E-state index contributed by atoms with van der Waals surface area (Å²) in [7, 11) is -3.84. The summed E-state index contributed by atoms with van der Waals surface area (Å²) in [6.45, 7) is 2.92. The summed E-state index contributed by atoms with van der Waals surface area (Å²) >= 11 is 0. The topological polar surface area (TPSA) is 53.0 Å². The van der Waals surface area contributed by atoms with E-state index in [4.69, 9.17) is 0 Å². The maximum Gasteiger partial charge on any atom is 0.284 e. The second kappa shape index (κ2) is 10.9. The molecule has 0 saturated carbocycles. The Kier molecular flexibility index (Phi) is 7.26. The number of amidine groups is 1. The van der Waals surface area contributed by atoms with Gasteiger partial charge in [-0.05, 0) is 23.3 Å². The first-order valence-corrected chi connectivity index (χ1v) is 13.6. The van der Waals surface area contributed by atoms with Gasteiger partial charge in [0.15, 0.2) is 0 Å². The van der Waals surface area contributed by atoms with Crippen molar-refractivity contribution in [3.63, 3.8) is 0 Å². The Morgan fingerprint density at radius 3 is 1.56 bits per heavy atom. The number of sulfonamides is 1. The smallest absolute Gasteiger partial charge is 0.284 e. The van der Waals surface area contributed by atoms with Gasteiger partial charge in [0, 0.05) is 31.7 Å². The molecule has 1 aliphatic heterocycles. The van der Waals surface area contributed by atoms with E-state index in [0.717, 1.165) is 18.7 Å². The summed E-state index contributed by atoms with van der Waals surface area (Å²) < 4.78 is 30.7. The van der Waals surface area contributed by atoms with E-state index >= 15 is 0 Å². The molecule has 1 heterocycles. The zero-order valence-corrected chi connectivity index (χ0v) is 20.8. The number of nitrogens with zero attached hydrogens (tertiary/aromatic N) is 3. The molecule has 0 bridgehead atoms. The fraction of sp³-hybridized carbons (Fsp3) is 0.167. The van der Waals surface area contributed by atoms with Gasteiger partial charge in [0.2, 0.25) is 0 Å². The Hall–Kier alpha value is -3.74. The molecule has 1 saturated heterocycles. The van der Waals surface area contributed by atoms with Crippen molar-refractivity contribution in [2.24, 2.45) is 4.40 Å². The average molecular weight is 496 g/mol. The number of piperazine rings is 1. The van der Waals surface area contributed by atoms with Crippen LogP contribution < -0.4 is 0 Å². The Morgan fingerprint density at radius 1 is 0.611 bits per heavy atom. The van der Waals surface area contributed by atoms with Crippen LogP contribution in [-0.2, 0) is 10.0 Å². The third kappa shape index (κ3) is 5.40. The van der Waals surface area contributed by atoms with E-state index in [1.54, 1.807) is 30.3 Å². The zero-order valence-electron chi connectivity index (χ0n) is 20.0. The normalized spacial score (nSPS) is 15.2. The third-order valence-corrected chi connectivity index (χ3v) is 7.77. The second-order valence-electron chi connectivity index (χ2n) is 8.82. The molecule has 0 aromatic heterocycles. The van der Waals surface area contributed by atoms with Crippen LogP contribution in [0.2, 0.25) is 0 Å². The van der Waals surface area contributed by atoms with Crippen LogP contribution in [0, 0.1) is 0 Å². The van der Waals surface area contributed by atoms with Crippen molar-refractivity contribution in [3.8, 4) is 0 Å². The summed E-state index contributed by atoms with van der Waals surface area (Å²) in [5.74, 6) is 0.495. The van der Waals surface area contributed by atoms with Crippen molar-refractivity contribution in [3.05, 3.63) is 138 Å². The monoisotopic (exact) mass is 495 g/mol. The van der Waals surface area contributed by atoms with Gasteiger partial charge in [-0.25, -0.2) is 0 Å². The van der Waals surface area contributed by atoms with Crippen molar-refractivity contribution >= 4 is 15.9 Å². The molecule has 6 heteroatoms. The fourth-order valence-corrected chi connectivity index (χ4v) is 5.77. The first-order chi connectivity index (χ1) is 17.6. The van der Waals surface area contributed by atoms with Gasteiger partial charge < -0.3 is 4.90 Å². The van der Waals surface area contributed by atoms with Crippen LogP contribution in [0.15, 0.2) is 131 Å². The molecular weight excluding hydrogens is 466 g/mol. The molecule has 182 valence electrons. The van der Waals surface area contributed by atoms with Crippen LogP contribution in [0.4, 0.5) is 0 Å². The minimum absolute atomic E-state index is 0.139. The average Bonchev–Trinajstić information content (AvgIpc) is 2.95. The van der Waals surface area contributed by atoms with Crippen LogP contribution >= 0.6 is 0 Å². The summed E-state index contributed by atoms with van der Waals surface area (Å²) in [5.41, 5.74) is 3.30. The Bertz CT molecular complexity index is 1350. The molecule has 0 N–H and O–H groups in total. The van der Waals surface area contributed by atoms with Gasteiger partial charge >= 0.3 is 0 Å². The van der Waals surface area contributed by atoms with Gasteiger partial charge in [-0.3, -0.25) is 4.90 Å². The van der Waals surface area contributed by atoms with E-state index in [0.29, 0.717) is 18.9 Å². The molecule has 36 heavy (non-hydrogen) atoms. The third-order valence-electron chi connectivity index (χ3n) is 6.49. The van der Waals surface area contributed by atoms with Crippen molar-refractivity contribution < 1.29 is 8.42 Å². The molecule has 0 atom stereocenters. The molecule has 0 unspecified atom stereocenters. The van der Waals surface area contributed by atoms with Gasteiger partial charge in [-0.15, -0.1) is 4.40 Å². The lowest BCUT2D eigenvalue weighted by atomic mass is 9.96. The highest BCUT2D eigenvalue weighted by Crippen LogP contribution is 2.30. The van der Waals surface area contributed by atoms with Crippen LogP contribution in [0.3, 0.4) is 0 Å². The lowest BCUT2D eigenvalue weighted by Gasteiger charge is -2.41. The summed E-state index contributed by atoms with van der Waals surface area (Å²) in [4.78, 5) is 4.76. The summed E-state index contributed by atoms with van der Waals surface area (Å²) in [6, 6.07) is 39.2. The standard InChI is InChI=1S/C30H29N3O2S/c34-36(35,28-19-11-4-12-20-28)31-30(27-17-9-3-10-18-27)33-23-21-32(22-24-33)29(25-13-5-1-6-14-25)26-15-7-2-8-16-26/h1-20,29H,21-24H2. The first-order valence-electron chi connectivity index (χ1n) is 12.2. The molecule has 1 aliphatic rings. The number of hydrogen-bond donors (Lipinski definition) is 0. The number of benzene rings is 4. The lowest BCUT2D eigenvalue weighted by Crippen LogP contribution is -2.50. The Balaban J connectivity index is 1.44. The van der Waals surface area contributed by atoms with Crippen molar-refractivity contribution in [1.29, 1.82) is 0 Å². The highest BCUT2D eigenvalue weighted by molar-refractivity contribution is 7.90. The number of rotatable bonds is 6. The zero-order chi connectivity index (χ0) is 24.8. The van der Waals surface area contributed by atoms with Gasteiger partial charge in [-0.1, -0.05) is 109 Å². The quantitative estimate of drug-likeness (QED) is 0.272. The van der Waals surface area contributed by atoms with E-state index in [9.17, 15) is 8.42 Å². The Morgan fingerprint density at radius 2 is 1.06 bits per heavy atom. The lowest BCUT2D eigenvalue weighted by molar-refractivity contribution is 0.150. The van der Waals surface area contributed by atoms with Crippen molar-refractivity contribution in [2.75, 3.05) is 26.2 Å². The maximum absolute atomic E-state index is 13.2. The predicted octanol–water partition coefficient (Wildman–Crippen LogP) is 5.23. The summed E-state index contributed by atoms with van der Waals surface area (Å²) in [5, 5.41) is 0. The molecule has 5 rings (SSSR count). The van der Waals surface area contributed by atoms with Crippen LogP contribution in [0.1, 0.15) is 22.7 Å². The molecular formula is C30H29N3O2S. The van der Waals surface area contributed by atoms with Crippen LogP contribution in [-0.4, -0.2) is 50.2 Å². The van der Waals surface area contributed by atoms with E-state index < -0.39 is 10.0 Å². The van der Waals surface area contributed by atoms with Gasteiger partial charge in [0.25, 0.3) is 10.0 Å². The molecule has 1 fully saturated rings. The van der Waals surface area contributed by atoms with Crippen LogP contribution in [0.25, 0.3) is 0 Å². The Labute approximate surface area is 213 Å². The van der Waals surface area contributed by atoms with E-state index in [1.807, 2.05) is 42.5 Å². The van der Waals surface area contributed by atoms with Gasteiger partial charge in [0.05, 0.1) is 10.9 Å². The SMILES string of the molecule is O=S(=O)(N=C(c1ccccc1)N1CCN(C(c2ccccc2)c2ccccc2)CC1)c1ccccc1. The predicted molar refractivity (Wildman–Crippen MR) is 144 cm³/mol. The highest BCUT2D eigenvalue weighted by Gasteiger charge is 2.29. The number of hydrogen-bond acceptors (Lipinski definition) is 3. The molecule has 0 spiro atoms. The van der Waals surface area contributed by atoms with E-state index in [2.05, 4.69) is 62.7 Å². The highest BCUT2D eigenvalue weighted by atomic mass is 32.2. The summed E-state index contributed by atoms with van der Waals surface area (Å²) in [6.07, 6.45) is 0. The fourth-order valence-electron chi connectivity index (χ4n) is 4.72. The molecule has 4 aromatic rings. The second-order valence-corrected chi connectivity index (χ2v) is 10.4. The minimum atomic E-state index is -3.84. The first kappa shape index (κ1) is 24.0. The molecule has 5 nitrogen and oxygen atoms in total. The maximum atomic E-state index is 13.2. The van der Waals surface area contributed by atoms with Crippen molar-refractivity contribution in [2.45, 2.75) is 10.9 Å². The largest absolute Gasteiger partial charge is 0.353 e. The molecule has 4 aromatic carbocycles. The molecule has 0 aliphatic carbocycles. The van der Waals surface area contributed by atoms with Gasteiger partial charge in [0.1, 0.15) is 5.84 Å². The molecule has 0 amide bonds. The van der Waals surface area contributed by atoms with Crippen LogP contribution in [0.5, 0.6) is 0 Å². The van der Waals surface area contributed by atoms with Crippen molar-refractivity contribution in [1.82, 2.24) is 9.80 Å².